The van der Waals surface area contributed by atoms with E-state index in [1.54, 1.807) is 62.8 Å². The van der Waals surface area contributed by atoms with E-state index in [1.807, 2.05) is 60.4 Å². The predicted molar refractivity (Wildman–Crippen MR) is 165 cm³/mol. The first-order valence-electron chi connectivity index (χ1n) is 14.2. The maximum Gasteiger partial charge on any atom is 0.238 e. The molecule has 1 saturated heterocycles. The lowest BCUT2D eigenvalue weighted by molar-refractivity contribution is -0.121. The van der Waals surface area contributed by atoms with E-state index in [2.05, 4.69) is 11.4 Å². The van der Waals surface area contributed by atoms with Gasteiger partial charge in [-0.05, 0) is 66.6 Å². The van der Waals surface area contributed by atoms with Gasteiger partial charge < -0.3 is 19.7 Å². The number of para-hydroxylation sites is 2. The summed E-state index contributed by atoms with van der Waals surface area (Å²) in [6, 6.07) is 27.6. The van der Waals surface area contributed by atoms with Crippen LogP contribution in [0.4, 0.5) is 11.4 Å². The fourth-order valence-corrected chi connectivity index (χ4v) is 7.27. The quantitative estimate of drug-likeness (QED) is 0.289. The zero-order valence-electron chi connectivity index (χ0n) is 24.0. The van der Waals surface area contributed by atoms with E-state index in [0.717, 1.165) is 16.8 Å². The number of ketones is 2. The van der Waals surface area contributed by atoms with Crippen molar-refractivity contribution in [3.63, 3.8) is 0 Å². The maximum atomic E-state index is 14.9. The van der Waals surface area contributed by atoms with Crippen LogP contribution in [0, 0.1) is 5.92 Å². The number of nitrogens with zero attached hydrogens (tertiary/aromatic N) is 1. The largest absolute Gasteiger partial charge is 0.497 e. The Kier molecular flexibility index (Phi) is 6.20. The highest BCUT2D eigenvalue weighted by atomic mass is 16.5. The first-order valence-corrected chi connectivity index (χ1v) is 14.2. The Labute approximate surface area is 249 Å². The summed E-state index contributed by atoms with van der Waals surface area (Å²) >= 11 is 0. The molecule has 3 aliphatic rings. The molecule has 214 valence electrons. The summed E-state index contributed by atoms with van der Waals surface area (Å²) in [5.74, 6) is -0.743. The summed E-state index contributed by atoms with van der Waals surface area (Å²) in [6.07, 6.45) is 2.05. The molecule has 1 fully saturated rings. The van der Waals surface area contributed by atoms with Crippen LogP contribution < -0.4 is 19.7 Å². The molecule has 7 heteroatoms. The average Bonchev–Trinajstić information content (AvgIpc) is 3.52. The van der Waals surface area contributed by atoms with Crippen molar-refractivity contribution in [3.05, 3.63) is 125 Å². The van der Waals surface area contributed by atoms with Gasteiger partial charge in [-0.1, -0.05) is 54.6 Å². The van der Waals surface area contributed by atoms with Crippen LogP contribution in [-0.2, 0) is 10.2 Å². The molecule has 0 bridgehead atoms. The fourth-order valence-electron chi connectivity index (χ4n) is 7.27. The number of rotatable bonds is 6. The Morgan fingerprint density at radius 2 is 1.51 bits per heavy atom. The Morgan fingerprint density at radius 3 is 2.28 bits per heavy atom. The Hall–Kier alpha value is -5.17. The highest BCUT2D eigenvalue weighted by molar-refractivity contribution is 6.18. The second kappa shape index (κ2) is 9.98. The van der Waals surface area contributed by atoms with E-state index < -0.39 is 23.4 Å². The number of fused-ring (bicyclic) bond motifs is 6. The smallest absolute Gasteiger partial charge is 0.238 e. The molecule has 3 aliphatic heterocycles. The maximum absolute atomic E-state index is 14.9. The minimum absolute atomic E-state index is 0.257. The van der Waals surface area contributed by atoms with Crippen LogP contribution >= 0.6 is 0 Å². The van der Waals surface area contributed by atoms with Gasteiger partial charge in [-0.25, -0.2) is 0 Å². The van der Waals surface area contributed by atoms with Crippen molar-refractivity contribution in [1.29, 1.82) is 0 Å². The highest BCUT2D eigenvalue weighted by Gasteiger charge is 2.70. The summed E-state index contributed by atoms with van der Waals surface area (Å²) in [5, 5.41) is 3.08. The van der Waals surface area contributed by atoms with Crippen LogP contribution in [0.25, 0.3) is 5.57 Å². The third-order valence-corrected chi connectivity index (χ3v) is 9.16. The normalized spacial score (nSPS) is 23.1. The van der Waals surface area contributed by atoms with Crippen molar-refractivity contribution in [1.82, 2.24) is 0 Å². The van der Waals surface area contributed by atoms with Gasteiger partial charge in [0.25, 0.3) is 0 Å². The molecule has 1 spiro atoms. The summed E-state index contributed by atoms with van der Waals surface area (Å²) in [4.78, 5) is 46.3. The molecular formula is C36H30N2O5. The number of hydrogen-bond donors (Lipinski definition) is 1. The molecular weight excluding hydrogens is 540 g/mol. The topological polar surface area (TPSA) is 84.9 Å². The second-order valence-electron chi connectivity index (χ2n) is 11.2. The van der Waals surface area contributed by atoms with Gasteiger partial charge in [0, 0.05) is 28.1 Å². The van der Waals surface area contributed by atoms with Crippen LogP contribution in [0.15, 0.2) is 103 Å². The highest BCUT2D eigenvalue weighted by Crippen LogP contribution is 2.58. The third-order valence-electron chi connectivity index (χ3n) is 9.16. The standard InChI is InChI=1S/C36H30N2O5/c1-21-19-30-36(27-12-5-6-13-28(27)37-35(36)41)31(33(39)22-15-17-24(42-2)18-16-22)32(38(30)29-14-7-4-11-26(21)29)34(40)23-9-8-10-25(20-23)43-3/h4-20,30-32H,1-3H3,(H,37,41)/t30-,31-,32+,36+/m0/s1. The monoisotopic (exact) mass is 570 g/mol. The number of amides is 1. The van der Waals surface area contributed by atoms with E-state index in [1.165, 1.54) is 0 Å². The van der Waals surface area contributed by atoms with E-state index in [4.69, 9.17) is 9.47 Å². The number of allylic oxidation sites excluding steroid dienone is 1. The van der Waals surface area contributed by atoms with Gasteiger partial charge in [-0.15, -0.1) is 0 Å². The van der Waals surface area contributed by atoms with Crippen LogP contribution in [-0.4, -0.2) is 43.8 Å². The lowest BCUT2D eigenvalue weighted by Gasteiger charge is -2.39. The first-order chi connectivity index (χ1) is 20.9. The van der Waals surface area contributed by atoms with Gasteiger partial charge >= 0.3 is 0 Å². The number of benzene rings is 4. The van der Waals surface area contributed by atoms with E-state index in [0.29, 0.717) is 33.9 Å². The molecule has 0 aliphatic carbocycles. The number of hydrogen-bond acceptors (Lipinski definition) is 6. The number of anilines is 2. The van der Waals surface area contributed by atoms with E-state index in [9.17, 15) is 14.4 Å². The fraction of sp³-hybridized carbons (Fsp3) is 0.194. The summed E-state index contributed by atoms with van der Waals surface area (Å²) in [6.45, 7) is 2.01. The van der Waals surface area contributed by atoms with Gasteiger partial charge in [0.15, 0.2) is 11.6 Å². The molecule has 7 rings (SSSR count). The lowest BCUT2D eigenvalue weighted by Crippen LogP contribution is -2.51. The van der Waals surface area contributed by atoms with Crippen molar-refractivity contribution in [3.8, 4) is 11.5 Å². The van der Waals surface area contributed by atoms with Gasteiger partial charge in [-0.3, -0.25) is 14.4 Å². The minimum Gasteiger partial charge on any atom is -0.497 e. The van der Waals surface area contributed by atoms with E-state index in [-0.39, 0.29) is 17.5 Å². The molecule has 1 amide bonds. The van der Waals surface area contributed by atoms with Crippen molar-refractivity contribution in [2.45, 2.75) is 24.4 Å². The van der Waals surface area contributed by atoms with Crippen LogP contribution in [0.2, 0.25) is 0 Å². The van der Waals surface area contributed by atoms with Gasteiger partial charge in [0.2, 0.25) is 5.91 Å². The molecule has 4 atom stereocenters. The van der Waals surface area contributed by atoms with Gasteiger partial charge in [0.05, 0.1) is 26.2 Å². The molecule has 3 heterocycles. The van der Waals surface area contributed by atoms with Gasteiger partial charge in [0.1, 0.15) is 23.0 Å². The number of methoxy groups -OCH3 is 2. The number of ether oxygens (including phenoxy) is 2. The Balaban J connectivity index is 1.53. The summed E-state index contributed by atoms with van der Waals surface area (Å²) in [5.41, 5.74) is 3.56. The lowest BCUT2D eigenvalue weighted by atomic mass is 9.64. The number of Topliss-reactive ketones (excluding diaryl/α,β-unsaturated/α-hetero) is 2. The Morgan fingerprint density at radius 1 is 0.791 bits per heavy atom. The predicted octanol–water partition coefficient (Wildman–Crippen LogP) is 5.95. The molecule has 0 radical (unpaired) electrons. The number of carbonyl (C=O) groups excluding carboxylic acids is 3. The molecule has 43 heavy (non-hydrogen) atoms. The summed E-state index contributed by atoms with van der Waals surface area (Å²) in [7, 11) is 3.12. The molecule has 0 aromatic heterocycles. The second-order valence-corrected chi connectivity index (χ2v) is 11.2. The average molecular weight is 571 g/mol. The Bertz CT molecular complexity index is 1830. The van der Waals surface area contributed by atoms with Crippen molar-refractivity contribution >= 4 is 34.4 Å². The molecule has 1 N–H and O–H groups in total. The first kappa shape index (κ1) is 26.7. The van der Waals surface area contributed by atoms with Crippen LogP contribution in [0.1, 0.15) is 38.8 Å². The van der Waals surface area contributed by atoms with Crippen LogP contribution in [0.5, 0.6) is 11.5 Å². The summed E-state index contributed by atoms with van der Waals surface area (Å²) < 4.78 is 10.8. The zero-order chi connectivity index (χ0) is 29.9. The molecule has 4 aromatic rings. The number of nitrogens with one attached hydrogen (secondary N) is 1. The molecule has 7 nitrogen and oxygen atoms in total. The minimum atomic E-state index is -1.37. The van der Waals surface area contributed by atoms with Crippen molar-refractivity contribution < 1.29 is 23.9 Å². The van der Waals surface area contributed by atoms with Gasteiger partial charge in [-0.2, -0.15) is 0 Å². The van der Waals surface area contributed by atoms with Crippen molar-refractivity contribution in [2.75, 3.05) is 24.4 Å². The molecule has 4 aromatic carbocycles. The SMILES string of the molecule is COc1ccc(C(=O)[C@@H]2[C@H](C(=O)c3cccc(OC)c3)N3c4ccccc4C(C)=C[C@H]3[C@@]23C(=O)Nc2ccccc23)cc1. The zero-order valence-corrected chi connectivity index (χ0v) is 24.0. The third kappa shape index (κ3) is 3.77. The van der Waals surface area contributed by atoms with Crippen LogP contribution in [0.3, 0.4) is 0 Å². The van der Waals surface area contributed by atoms with Crippen molar-refractivity contribution in [2.24, 2.45) is 5.92 Å². The molecule has 0 unspecified atom stereocenters. The van der Waals surface area contributed by atoms with E-state index >= 15 is 0 Å². The molecule has 0 saturated carbocycles. The number of carbonyl (C=O) groups is 3.